The van der Waals surface area contributed by atoms with Gasteiger partial charge < -0.3 is 5.32 Å². The van der Waals surface area contributed by atoms with E-state index < -0.39 is 0 Å². The van der Waals surface area contributed by atoms with Crippen molar-refractivity contribution in [3.8, 4) is 0 Å². The van der Waals surface area contributed by atoms with Gasteiger partial charge in [-0.15, -0.1) is 0 Å². The Morgan fingerprint density at radius 1 is 1.21 bits per heavy atom. The van der Waals surface area contributed by atoms with Gasteiger partial charge in [-0.2, -0.15) is 0 Å². The van der Waals surface area contributed by atoms with Crippen molar-refractivity contribution in [1.29, 1.82) is 0 Å². The molecule has 0 aromatic heterocycles. The van der Waals surface area contributed by atoms with Gasteiger partial charge in [0.1, 0.15) is 0 Å². The van der Waals surface area contributed by atoms with E-state index in [-0.39, 0.29) is 0 Å². The van der Waals surface area contributed by atoms with Crippen LogP contribution in [0.15, 0.2) is 24.3 Å². The number of rotatable bonds is 5. The summed E-state index contributed by atoms with van der Waals surface area (Å²) >= 11 is 0. The molecule has 0 saturated heterocycles. The fourth-order valence-electron chi connectivity index (χ4n) is 1.76. The minimum absolute atomic E-state index is 0.711. The van der Waals surface area contributed by atoms with Gasteiger partial charge in [0.15, 0.2) is 0 Å². The van der Waals surface area contributed by atoms with Crippen LogP contribution in [0, 0.1) is 6.92 Å². The van der Waals surface area contributed by atoms with Gasteiger partial charge in [0.25, 0.3) is 0 Å². The lowest BCUT2D eigenvalue weighted by atomic mass is 9.93. The summed E-state index contributed by atoms with van der Waals surface area (Å²) in [5.74, 6) is 0.711. The molecule has 0 saturated carbocycles. The van der Waals surface area contributed by atoms with Crippen molar-refractivity contribution in [2.45, 2.75) is 32.6 Å². The molecule has 1 N–H and O–H groups in total. The zero-order chi connectivity index (χ0) is 10.4. The molecule has 0 radical (unpaired) electrons. The van der Waals surface area contributed by atoms with Crippen LogP contribution in [0.25, 0.3) is 0 Å². The van der Waals surface area contributed by atoms with Gasteiger partial charge in [-0.05, 0) is 44.8 Å². The molecule has 1 nitrogen and oxygen atoms in total. The molecule has 1 heteroatoms. The van der Waals surface area contributed by atoms with Crippen molar-refractivity contribution >= 4 is 0 Å². The van der Waals surface area contributed by atoms with Gasteiger partial charge in [-0.1, -0.05) is 36.8 Å². The first-order valence-corrected chi connectivity index (χ1v) is 5.49. The smallest absolute Gasteiger partial charge is 0.00461 e. The summed E-state index contributed by atoms with van der Waals surface area (Å²) < 4.78 is 0. The van der Waals surface area contributed by atoms with E-state index in [1.165, 1.54) is 24.0 Å². The summed E-state index contributed by atoms with van der Waals surface area (Å²) in [5, 5.41) is 3.21. The second-order valence-electron chi connectivity index (χ2n) is 3.91. The summed E-state index contributed by atoms with van der Waals surface area (Å²) in [6, 6.07) is 8.94. The van der Waals surface area contributed by atoms with Crippen LogP contribution in [0.5, 0.6) is 0 Å². The van der Waals surface area contributed by atoms with E-state index >= 15 is 0 Å². The van der Waals surface area contributed by atoms with Crippen LogP contribution in [0.1, 0.15) is 36.8 Å². The van der Waals surface area contributed by atoms with Gasteiger partial charge in [0.2, 0.25) is 0 Å². The summed E-state index contributed by atoms with van der Waals surface area (Å²) in [5.41, 5.74) is 2.82. The van der Waals surface area contributed by atoms with Crippen LogP contribution in [-0.2, 0) is 0 Å². The number of benzene rings is 1. The van der Waals surface area contributed by atoms with Crippen molar-refractivity contribution in [2.24, 2.45) is 0 Å². The third kappa shape index (κ3) is 3.15. The second kappa shape index (κ2) is 5.82. The van der Waals surface area contributed by atoms with Gasteiger partial charge in [-0.25, -0.2) is 0 Å². The van der Waals surface area contributed by atoms with E-state index in [2.05, 4.69) is 43.4 Å². The molecule has 0 fully saturated rings. The Labute approximate surface area is 87.5 Å². The van der Waals surface area contributed by atoms with Crippen LogP contribution < -0.4 is 5.32 Å². The van der Waals surface area contributed by atoms with E-state index in [1.807, 2.05) is 7.05 Å². The van der Waals surface area contributed by atoms with Crippen molar-refractivity contribution < 1.29 is 0 Å². The number of hydrogen-bond donors (Lipinski definition) is 1. The average molecular weight is 191 g/mol. The predicted molar refractivity (Wildman–Crippen MR) is 62.8 cm³/mol. The van der Waals surface area contributed by atoms with Gasteiger partial charge in [0.05, 0.1) is 0 Å². The predicted octanol–water partition coefficient (Wildman–Crippen LogP) is 3.10. The first-order chi connectivity index (χ1) is 6.77. The van der Waals surface area contributed by atoms with Gasteiger partial charge >= 0.3 is 0 Å². The van der Waals surface area contributed by atoms with Crippen LogP contribution >= 0.6 is 0 Å². The number of hydrogen-bond acceptors (Lipinski definition) is 1. The molecule has 1 aromatic carbocycles. The van der Waals surface area contributed by atoms with Gasteiger partial charge in [0, 0.05) is 0 Å². The topological polar surface area (TPSA) is 12.0 Å². The first kappa shape index (κ1) is 11.3. The molecule has 14 heavy (non-hydrogen) atoms. The maximum Gasteiger partial charge on any atom is -0.00461 e. The Morgan fingerprint density at radius 3 is 2.36 bits per heavy atom. The molecule has 0 amide bonds. The van der Waals surface area contributed by atoms with Crippen molar-refractivity contribution in [3.05, 3.63) is 35.4 Å². The zero-order valence-corrected chi connectivity index (χ0v) is 9.51. The monoisotopic (exact) mass is 191 g/mol. The van der Waals surface area contributed by atoms with E-state index in [1.54, 1.807) is 0 Å². The van der Waals surface area contributed by atoms with Crippen molar-refractivity contribution in [2.75, 3.05) is 13.6 Å². The molecular formula is C13H21N. The molecule has 0 heterocycles. The van der Waals surface area contributed by atoms with Gasteiger partial charge in [-0.3, -0.25) is 0 Å². The largest absolute Gasteiger partial charge is 0.320 e. The molecule has 1 unspecified atom stereocenters. The minimum Gasteiger partial charge on any atom is -0.320 e. The highest BCUT2D eigenvalue weighted by molar-refractivity contribution is 5.24. The molecule has 1 aromatic rings. The standard InChI is InChI=1S/C13H21N/c1-4-12(9-10-14-3)13-7-5-11(2)6-8-13/h5-8,12,14H,4,9-10H2,1-3H3. The molecule has 0 bridgehead atoms. The number of aryl methyl sites for hydroxylation is 1. The highest BCUT2D eigenvalue weighted by Gasteiger charge is 2.07. The third-order valence-electron chi connectivity index (χ3n) is 2.78. The molecule has 78 valence electrons. The molecule has 0 aliphatic rings. The van der Waals surface area contributed by atoms with Crippen LogP contribution in [0.3, 0.4) is 0 Å². The average Bonchev–Trinajstić information content (AvgIpc) is 2.21. The molecule has 1 rings (SSSR count). The normalized spacial score (nSPS) is 12.8. The maximum absolute atomic E-state index is 3.21. The molecule has 0 aliphatic heterocycles. The Bertz CT molecular complexity index is 250. The summed E-state index contributed by atoms with van der Waals surface area (Å²) in [7, 11) is 2.02. The van der Waals surface area contributed by atoms with E-state index in [4.69, 9.17) is 0 Å². The summed E-state index contributed by atoms with van der Waals surface area (Å²) in [6.45, 7) is 5.50. The second-order valence-corrected chi connectivity index (χ2v) is 3.91. The van der Waals surface area contributed by atoms with Crippen molar-refractivity contribution in [1.82, 2.24) is 5.32 Å². The SMILES string of the molecule is CCC(CCNC)c1ccc(C)cc1. The van der Waals surface area contributed by atoms with E-state index in [0.29, 0.717) is 5.92 Å². The van der Waals surface area contributed by atoms with Crippen molar-refractivity contribution in [3.63, 3.8) is 0 Å². The highest BCUT2D eigenvalue weighted by atomic mass is 14.8. The Morgan fingerprint density at radius 2 is 1.86 bits per heavy atom. The fraction of sp³-hybridized carbons (Fsp3) is 0.538. The molecular weight excluding hydrogens is 170 g/mol. The fourth-order valence-corrected chi connectivity index (χ4v) is 1.76. The molecule has 0 aliphatic carbocycles. The zero-order valence-electron chi connectivity index (χ0n) is 9.51. The lowest BCUT2D eigenvalue weighted by Crippen LogP contribution is -2.11. The third-order valence-corrected chi connectivity index (χ3v) is 2.78. The Balaban J connectivity index is 2.64. The Hall–Kier alpha value is -0.820. The maximum atomic E-state index is 3.21. The number of nitrogens with one attached hydrogen (secondary N) is 1. The summed E-state index contributed by atoms with van der Waals surface area (Å²) in [6.07, 6.45) is 2.46. The quantitative estimate of drug-likeness (QED) is 0.754. The summed E-state index contributed by atoms with van der Waals surface area (Å²) in [4.78, 5) is 0. The Kier molecular flexibility index (Phi) is 4.68. The highest BCUT2D eigenvalue weighted by Crippen LogP contribution is 2.22. The first-order valence-electron chi connectivity index (χ1n) is 5.49. The van der Waals surface area contributed by atoms with Crippen LogP contribution in [0.2, 0.25) is 0 Å². The molecule has 1 atom stereocenters. The minimum atomic E-state index is 0.711. The van der Waals surface area contributed by atoms with E-state index in [9.17, 15) is 0 Å². The lowest BCUT2D eigenvalue weighted by molar-refractivity contribution is 0.581. The van der Waals surface area contributed by atoms with Crippen LogP contribution in [0.4, 0.5) is 0 Å². The van der Waals surface area contributed by atoms with E-state index in [0.717, 1.165) is 6.54 Å². The lowest BCUT2D eigenvalue weighted by Gasteiger charge is -2.15. The molecule has 0 spiro atoms. The van der Waals surface area contributed by atoms with Crippen LogP contribution in [-0.4, -0.2) is 13.6 Å².